The summed E-state index contributed by atoms with van der Waals surface area (Å²) in [4.78, 5) is 24.5. The van der Waals surface area contributed by atoms with Crippen molar-refractivity contribution in [1.82, 2.24) is 0 Å². The lowest BCUT2D eigenvalue weighted by atomic mass is 10.0. The van der Waals surface area contributed by atoms with Gasteiger partial charge in [-0.25, -0.2) is 4.79 Å². The standard InChI is InChI=1S/C29H25NO4/c1-20-3-7-22(8-4-20)23-9-15-26(16-10-23)33-19-28(31)34-27-17-11-24(12-18-27)29(32)30-25-13-5-21(2)6-14-25/h3-18H,19H2,1-2H3,(H,30,32). The predicted octanol–water partition coefficient (Wildman–Crippen LogP) is 6.21. The maximum atomic E-state index is 12.4. The fourth-order valence-electron chi connectivity index (χ4n) is 3.31. The van der Waals surface area contributed by atoms with Gasteiger partial charge >= 0.3 is 5.97 Å². The van der Waals surface area contributed by atoms with E-state index < -0.39 is 5.97 Å². The number of ether oxygens (including phenoxy) is 2. The summed E-state index contributed by atoms with van der Waals surface area (Å²) in [7, 11) is 0. The zero-order valence-electron chi connectivity index (χ0n) is 19.1. The first-order valence-corrected chi connectivity index (χ1v) is 10.9. The van der Waals surface area contributed by atoms with Crippen molar-refractivity contribution < 1.29 is 19.1 Å². The highest BCUT2D eigenvalue weighted by Gasteiger charge is 2.10. The van der Waals surface area contributed by atoms with Gasteiger partial charge in [-0.1, -0.05) is 59.7 Å². The van der Waals surface area contributed by atoms with Crippen LogP contribution in [0, 0.1) is 13.8 Å². The number of anilines is 1. The molecule has 0 aliphatic carbocycles. The van der Waals surface area contributed by atoms with Crippen LogP contribution in [0.3, 0.4) is 0 Å². The molecule has 0 radical (unpaired) electrons. The average Bonchev–Trinajstić information content (AvgIpc) is 2.85. The fraction of sp³-hybridized carbons (Fsp3) is 0.103. The third-order valence-corrected chi connectivity index (χ3v) is 5.25. The minimum Gasteiger partial charge on any atom is -0.482 e. The minimum atomic E-state index is -0.528. The molecule has 0 atom stereocenters. The molecule has 5 nitrogen and oxygen atoms in total. The number of benzene rings is 4. The topological polar surface area (TPSA) is 64.6 Å². The van der Waals surface area contributed by atoms with Crippen molar-refractivity contribution in [2.24, 2.45) is 0 Å². The molecule has 0 aliphatic rings. The number of amides is 1. The zero-order valence-corrected chi connectivity index (χ0v) is 19.1. The molecule has 0 heterocycles. The molecule has 4 aromatic carbocycles. The molecular formula is C29H25NO4. The smallest absolute Gasteiger partial charge is 0.349 e. The van der Waals surface area contributed by atoms with E-state index >= 15 is 0 Å². The van der Waals surface area contributed by atoms with Crippen LogP contribution in [-0.4, -0.2) is 18.5 Å². The first kappa shape index (κ1) is 22.8. The van der Waals surface area contributed by atoms with Gasteiger partial charge in [0.2, 0.25) is 0 Å². The molecular weight excluding hydrogens is 426 g/mol. The fourth-order valence-corrected chi connectivity index (χ4v) is 3.31. The maximum absolute atomic E-state index is 12.4. The van der Waals surface area contributed by atoms with Crippen molar-refractivity contribution in [3.63, 3.8) is 0 Å². The van der Waals surface area contributed by atoms with Crippen LogP contribution in [0.2, 0.25) is 0 Å². The molecule has 0 unspecified atom stereocenters. The molecule has 0 bridgehead atoms. The number of carbonyl (C=O) groups is 2. The molecule has 34 heavy (non-hydrogen) atoms. The van der Waals surface area contributed by atoms with E-state index in [1.165, 1.54) is 5.56 Å². The Balaban J connectivity index is 1.27. The van der Waals surface area contributed by atoms with E-state index in [0.717, 1.165) is 22.4 Å². The van der Waals surface area contributed by atoms with Gasteiger partial charge in [0.15, 0.2) is 6.61 Å². The third-order valence-electron chi connectivity index (χ3n) is 5.25. The van der Waals surface area contributed by atoms with Crippen molar-refractivity contribution in [2.75, 3.05) is 11.9 Å². The van der Waals surface area contributed by atoms with Crippen molar-refractivity contribution in [3.8, 4) is 22.6 Å². The molecule has 0 saturated carbocycles. The van der Waals surface area contributed by atoms with Crippen molar-refractivity contribution in [1.29, 1.82) is 0 Å². The molecule has 170 valence electrons. The molecule has 4 rings (SSSR count). The van der Waals surface area contributed by atoms with Gasteiger partial charge in [-0.15, -0.1) is 0 Å². The largest absolute Gasteiger partial charge is 0.482 e. The second-order valence-corrected chi connectivity index (χ2v) is 8.00. The monoisotopic (exact) mass is 451 g/mol. The number of rotatable bonds is 7. The SMILES string of the molecule is Cc1ccc(NC(=O)c2ccc(OC(=O)COc3ccc(-c4ccc(C)cc4)cc3)cc2)cc1. The second-order valence-electron chi connectivity index (χ2n) is 8.00. The summed E-state index contributed by atoms with van der Waals surface area (Å²) < 4.78 is 10.9. The van der Waals surface area contributed by atoms with Gasteiger partial charge in [0.25, 0.3) is 5.91 Å². The summed E-state index contributed by atoms with van der Waals surface area (Å²) in [6.45, 7) is 3.82. The van der Waals surface area contributed by atoms with Gasteiger partial charge in [0.05, 0.1) is 0 Å². The van der Waals surface area contributed by atoms with E-state index in [9.17, 15) is 9.59 Å². The third kappa shape index (κ3) is 6.11. The van der Waals surface area contributed by atoms with Crippen LogP contribution in [0.25, 0.3) is 11.1 Å². The summed E-state index contributed by atoms with van der Waals surface area (Å²) in [5.74, 6) is 0.157. The summed E-state index contributed by atoms with van der Waals surface area (Å²) in [6, 6.07) is 29.8. The molecule has 0 saturated heterocycles. The van der Waals surface area contributed by atoms with E-state index in [1.807, 2.05) is 55.5 Å². The number of hydrogen-bond donors (Lipinski definition) is 1. The molecule has 0 aromatic heterocycles. The Morgan fingerprint density at radius 2 is 1.15 bits per heavy atom. The number of hydrogen-bond acceptors (Lipinski definition) is 4. The van der Waals surface area contributed by atoms with Crippen LogP contribution in [0.15, 0.2) is 97.1 Å². The van der Waals surface area contributed by atoms with Crippen LogP contribution >= 0.6 is 0 Å². The molecule has 0 fully saturated rings. The lowest BCUT2D eigenvalue weighted by molar-refractivity contribution is -0.136. The maximum Gasteiger partial charge on any atom is 0.349 e. The van der Waals surface area contributed by atoms with Gasteiger partial charge in [0, 0.05) is 11.3 Å². The summed E-state index contributed by atoms with van der Waals surface area (Å²) >= 11 is 0. The molecule has 1 amide bonds. The Morgan fingerprint density at radius 1 is 0.647 bits per heavy atom. The second kappa shape index (κ2) is 10.5. The van der Waals surface area contributed by atoms with Crippen molar-refractivity contribution in [2.45, 2.75) is 13.8 Å². The highest BCUT2D eigenvalue weighted by Crippen LogP contribution is 2.23. The highest BCUT2D eigenvalue weighted by atomic mass is 16.6. The molecule has 5 heteroatoms. The summed E-state index contributed by atoms with van der Waals surface area (Å²) in [5.41, 5.74) is 5.70. The molecule has 0 spiro atoms. The quantitative estimate of drug-likeness (QED) is 0.268. The highest BCUT2D eigenvalue weighted by molar-refractivity contribution is 6.04. The minimum absolute atomic E-state index is 0.223. The molecule has 0 aliphatic heterocycles. The zero-order chi connectivity index (χ0) is 23.9. The number of carbonyl (C=O) groups excluding carboxylic acids is 2. The van der Waals surface area contributed by atoms with Gasteiger partial charge in [-0.3, -0.25) is 4.79 Å². The Bertz CT molecular complexity index is 1260. The van der Waals surface area contributed by atoms with Crippen LogP contribution in [0.5, 0.6) is 11.5 Å². The van der Waals surface area contributed by atoms with Gasteiger partial charge in [0.1, 0.15) is 11.5 Å². The Labute approximate surface area is 199 Å². The first-order valence-electron chi connectivity index (χ1n) is 10.9. The first-order chi connectivity index (χ1) is 16.5. The van der Waals surface area contributed by atoms with E-state index in [2.05, 4.69) is 36.5 Å². The van der Waals surface area contributed by atoms with Gasteiger partial charge in [-0.2, -0.15) is 0 Å². The summed E-state index contributed by atoms with van der Waals surface area (Å²) in [6.07, 6.45) is 0. The Hall–Kier alpha value is -4.38. The number of nitrogens with one attached hydrogen (secondary N) is 1. The van der Waals surface area contributed by atoms with Gasteiger partial charge < -0.3 is 14.8 Å². The van der Waals surface area contributed by atoms with Crippen LogP contribution in [0.1, 0.15) is 21.5 Å². The van der Waals surface area contributed by atoms with E-state index in [1.54, 1.807) is 24.3 Å². The Kier molecular flexibility index (Phi) is 7.04. The van der Waals surface area contributed by atoms with Crippen molar-refractivity contribution in [3.05, 3.63) is 114 Å². The van der Waals surface area contributed by atoms with Crippen LogP contribution in [-0.2, 0) is 4.79 Å². The van der Waals surface area contributed by atoms with E-state index in [4.69, 9.17) is 9.47 Å². The number of aryl methyl sites for hydroxylation is 2. The average molecular weight is 452 g/mol. The van der Waals surface area contributed by atoms with Crippen molar-refractivity contribution >= 4 is 17.6 Å². The molecule has 1 N–H and O–H groups in total. The lowest BCUT2D eigenvalue weighted by Crippen LogP contribution is -2.18. The summed E-state index contributed by atoms with van der Waals surface area (Å²) in [5, 5.41) is 2.83. The van der Waals surface area contributed by atoms with Crippen LogP contribution in [0.4, 0.5) is 5.69 Å². The Morgan fingerprint density at radius 3 is 1.74 bits per heavy atom. The molecule has 4 aromatic rings. The number of esters is 1. The predicted molar refractivity (Wildman–Crippen MR) is 133 cm³/mol. The van der Waals surface area contributed by atoms with Gasteiger partial charge in [-0.05, 0) is 73.5 Å². The lowest BCUT2D eigenvalue weighted by Gasteiger charge is -2.09. The van der Waals surface area contributed by atoms with E-state index in [-0.39, 0.29) is 12.5 Å². The normalized spacial score (nSPS) is 10.4. The van der Waals surface area contributed by atoms with E-state index in [0.29, 0.717) is 17.1 Å². The van der Waals surface area contributed by atoms with Crippen LogP contribution < -0.4 is 14.8 Å².